The van der Waals surface area contributed by atoms with Gasteiger partial charge >= 0.3 is 0 Å². The Kier molecular flexibility index (Phi) is 34.9. The van der Waals surface area contributed by atoms with E-state index < -0.39 is 11.7 Å². The lowest BCUT2D eigenvalue weighted by Crippen LogP contribution is -2.28. The largest absolute Gasteiger partial charge is 0.323 e. The van der Waals surface area contributed by atoms with E-state index in [1.54, 1.807) is 18.2 Å². The van der Waals surface area contributed by atoms with Gasteiger partial charge in [-0.3, -0.25) is 9.59 Å². The number of hydrogen-bond acceptors (Lipinski definition) is 2. The minimum absolute atomic E-state index is 0.501. The first kappa shape index (κ1) is 26.8. The predicted octanol–water partition coefficient (Wildman–Crippen LogP) is 4.81. The second-order valence-electron chi connectivity index (χ2n) is 2.77. The molecule has 0 atom stereocenters. The summed E-state index contributed by atoms with van der Waals surface area (Å²) in [7, 11) is 0. The first-order valence-electron chi connectivity index (χ1n) is 7.36. The maximum Gasteiger partial charge on any atom is 0.291 e. The van der Waals surface area contributed by atoms with Crippen molar-refractivity contribution in [2.75, 3.05) is 0 Å². The van der Waals surface area contributed by atoms with Gasteiger partial charge in [0.25, 0.3) is 5.91 Å². The zero-order valence-electron chi connectivity index (χ0n) is 14.4. The van der Waals surface area contributed by atoms with E-state index in [9.17, 15) is 9.59 Å². The summed E-state index contributed by atoms with van der Waals surface area (Å²) < 4.78 is 0. The van der Waals surface area contributed by atoms with E-state index in [0.29, 0.717) is 12.1 Å². The maximum absolute atomic E-state index is 11.0. The van der Waals surface area contributed by atoms with Crippen LogP contribution in [-0.2, 0) is 9.59 Å². The summed E-state index contributed by atoms with van der Waals surface area (Å²) in [4.78, 5) is 21.7. The fourth-order valence-electron chi connectivity index (χ4n) is 0.821. The molecule has 0 aliphatic rings. The number of allylic oxidation sites excluding steroid dienone is 4. The second-order valence-corrected chi connectivity index (χ2v) is 2.77. The maximum atomic E-state index is 11.0. The molecule has 0 bridgehead atoms. The Labute approximate surface area is 125 Å². The molecule has 0 fully saturated rings. The number of nitrogens with one attached hydrogen (secondary N) is 1. The molecule has 0 heterocycles. The summed E-state index contributed by atoms with van der Waals surface area (Å²) in [6, 6.07) is 0. The Balaban J connectivity index is -0.000000187. The fraction of sp³-hybridized carbons (Fsp3) is 0.529. The van der Waals surface area contributed by atoms with Crippen molar-refractivity contribution in [1.82, 2.24) is 5.32 Å². The Morgan fingerprint density at radius 1 is 1.00 bits per heavy atom. The minimum Gasteiger partial charge on any atom is -0.323 e. The van der Waals surface area contributed by atoms with Crippen LogP contribution in [0.4, 0.5) is 0 Å². The van der Waals surface area contributed by atoms with E-state index >= 15 is 0 Å². The number of ketones is 1. The third-order valence-electron chi connectivity index (χ3n) is 1.53. The van der Waals surface area contributed by atoms with Gasteiger partial charge in [-0.2, -0.15) is 0 Å². The van der Waals surface area contributed by atoms with Crippen molar-refractivity contribution in [3.63, 3.8) is 0 Å². The van der Waals surface area contributed by atoms with Crippen molar-refractivity contribution in [2.24, 2.45) is 0 Å². The number of carbonyl (C=O) groups is 2. The van der Waals surface area contributed by atoms with Crippen LogP contribution in [0.15, 0.2) is 37.1 Å². The highest BCUT2D eigenvalue weighted by Crippen LogP contribution is 2.02. The average Bonchev–Trinajstić information content (AvgIpc) is 2.51. The van der Waals surface area contributed by atoms with Crippen molar-refractivity contribution in [3.05, 3.63) is 37.1 Å². The van der Waals surface area contributed by atoms with E-state index in [1.807, 2.05) is 41.5 Å². The first-order valence-corrected chi connectivity index (χ1v) is 7.36. The molecule has 1 N–H and O–H groups in total. The van der Waals surface area contributed by atoms with Crippen LogP contribution in [0.2, 0.25) is 0 Å². The van der Waals surface area contributed by atoms with Crippen LogP contribution < -0.4 is 5.32 Å². The van der Waals surface area contributed by atoms with Gasteiger partial charge in [-0.05, 0) is 18.9 Å². The number of Topliss-reactive ketones (excluding diaryl/α,β-unsaturated/α-hetero) is 1. The number of rotatable bonds is 6. The summed E-state index contributed by atoms with van der Waals surface area (Å²) in [5, 5.41) is 2.51. The lowest BCUT2D eigenvalue weighted by molar-refractivity contribution is -0.136. The molecule has 0 aliphatic heterocycles. The highest BCUT2D eigenvalue weighted by atomic mass is 16.2. The number of hydrogen-bond donors (Lipinski definition) is 1. The summed E-state index contributed by atoms with van der Waals surface area (Å²) in [6.45, 7) is 20.3. The van der Waals surface area contributed by atoms with Crippen LogP contribution in [0.3, 0.4) is 0 Å². The monoisotopic (exact) mass is 283 g/mol. The smallest absolute Gasteiger partial charge is 0.291 e. The van der Waals surface area contributed by atoms with Crippen molar-refractivity contribution < 1.29 is 9.59 Å². The van der Waals surface area contributed by atoms with Crippen LogP contribution in [0.5, 0.6) is 0 Å². The van der Waals surface area contributed by atoms with Crippen molar-refractivity contribution in [3.8, 4) is 0 Å². The van der Waals surface area contributed by atoms with Gasteiger partial charge in [-0.15, -0.1) is 6.58 Å². The number of carbonyl (C=O) groups excluding carboxylic acids is 2. The van der Waals surface area contributed by atoms with Crippen LogP contribution >= 0.6 is 0 Å². The molecule has 0 saturated carbocycles. The molecule has 0 aliphatic carbocycles. The van der Waals surface area contributed by atoms with Gasteiger partial charge in [0.15, 0.2) is 0 Å². The van der Waals surface area contributed by atoms with Gasteiger partial charge in [0.05, 0.1) is 0 Å². The van der Waals surface area contributed by atoms with Gasteiger partial charge in [0.2, 0.25) is 5.78 Å². The molecule has 0 spiro atoms. The Morgan fingerprint density at radius 2 is 1.45 bits per heavy atom. The minimum atomic E-state index is -0.595. The molecule has 0 unspecified atom stereocenters. The Morgan fingerprint density at radius 3 is 1.75 bits per heavy atom. The van der Waals surface area contributed by atoms with Crippen LogP contribution in [0.1, 0.15) is 61.3 Å². The molecule has 20 heavy (non-hydrogen) atoms. The standard InChI is InChI=1S/C11H15NO2.3C2H6/c1-4-6-8-10(7-5-2)12-11(14)9(3)13;3*1-2/h4-5,7H,1-2,6,8H2,3H3,(H,12,14);3*1-2H3/b10-7+;;;. The number of amides is 1. The lowest BCUT2D eigenvalue weighted by Gasteiger charge is -2.05. The fourth-order valence-corrected chi connectivity index (χ4v) is 0.821. The highest BCUT2D eigenvalue weighted by Gasteiger charge is 2.07. The second kappa shape index (κ2) is 26.0. The molecule has 0 rings (SSSR count). The van der Waals surface area contributed by atoms with Gasteiger partial charge < -0.3 is 5.32 Å². The topological polar surface area (TPSA) is 46.2 Å². The molecular weight excluding hydrogens is 250 g/mol. The van der Waals surface area contributed by atoms with E-state index in [-0.39, 0.29) is 0 Å². The molecule has 118 valence electrons. The molecule has 0 aromatic heterocycles. The molecule has 0 aromatic carbocycles. The normalized spacial score (nSPS) is 8.25. The van der Waals surface area contributed by atoms with E-state index in [4.69, 9.17) is 0 Å². The lowest BCUT2D eigenvalue weighted by atomic mass is 10.2. The molecule has 0 aromatic rings. The Hall–Kier alpha value is -1.64. The van der Waals surface area contributed by atoms with Crippen molar-refractivity contribution in [2.45, 2.75) is 61.3 Å². The average molecular weight is 283 g/mol. The quantitative estimate of drug-likeness (QED) is 0.432. The van der Waals surface area contributed by atoms with Gasteiger partial charge in [-0.25, -0.2) is 0 Å². The third kappa shape index (κ3) is 21.6. The molecule has 3 nitrogen and oxygen atoms in total. The van der Waals surface area contributed by atoms with E-state index in [1.165, 1.54) is 6.92 Å². The third-order valence-corrected chi connectivity index (χ3v) is 1.53. The van der Waals surface area contributed by atoms with Gasteiger partial charge in [0, 0.05) is 12.6 Å². The van der Waals surface area contributed by atoms with Crippen LogP contribution in [0.25, 0.3) is 0 Å². The zero-order valence-corrected chi connectivity index (χ0v) is 14.4. The van der Waals surface area contributed by atoms with Crippen molar-refractivity contribution in [1.29, 1.82) is 0 Å². The summed E-state index contributed by atoms with van der Waals surface area (Å²) in [5.41, 5.74) is 0.681. The van der Waals surface area contributed by atoms with E-state index in [2.05, 4.69) is 18.5 Å². The highest BCUT2D eigenvalue weighted by molar-refractivity contribution is 6.35. The van der Waals surface area contributed by atoms with Gasteiger partial charge in [0.1, 0.15) is 0 Å². The zero-order chi connectivity index (χ0) is 17.0. The van der Waals surface area contributed by atoms with Crippen molar-refractivity contribution >= 4 is 11.7 Å². The van der Waals surface area contributed by atoms with Crippen LogP contribution in [0, 0.1) is 0 Å². The summed E-state index contributed by atoms with van der Waals surface area (Å²) in [5.74, 6) is -1.10. The Bertz CT molecular complexity index is 279. The molecule has 0 saturated heterocycles. The summed E-state index contributed by atoms with van der Waals surface area (Å²) in [6.07, 6.45) is 6.38. The predicted molar refractivity (Wildman–Crippen MR) is 90.6 cm³/mol. The first-order chi connectivity index (χ1) is 9.61. The molecular formula is C17H33NO2. The van der Waals surface area contributed by atoms with Gasteiger partial charge in [-0.1, -0.05) is 60.3 Å². The SMILES string of the molecule is C=C/C=C(\CCC=C)NC(=O)C(C)=O.CC.CC.CC. The summed E-state index contributed by atoms with van der Waals surface area (Å²) >= 11 is 0. The molecule has 3 heteroatoms. The molecule has 0 radical (unpaired) electrons. The van der Waals surface area contributed by atoms with Crippen LogP contribution in [-0.4, -0.2) is 11.7 Å². The molecule has 1 amide bonds. The van der Waals surface area contributed by atoms with E-state index in [0.717, 1.165) is 6.42 Å².